The Hall–Kier alpha value is -3.68. The zero-order chi connectivity index (χ0) is 29.8. The molecule has 1 saturated heterocycles. The number of benzene rings is 4. The van der Waals surface area contributed by atoms with Crippen molar-refractivity contribution in [1.29, 1.82) is 0 Å². The number of thioether (sulfide) groups is 1. The number of piperidine rings is 1. The summed E-state index contributed by atoms with van der Waals surface area (Å²) in [4.78, 5) is 5.42. The number of rotatable bonds is 14. The second-order valence-corrected chi connectivity index (χ2v) is 12.4. The molecule has 0 radical (unpaired) electrons. The zero-order valence-corrected chi connectivity index (χ0v) is 25.8. The average molecular weight is 605 g/mol. The molecule has 0 spiro atoms. The van der Waals surface area contributed by atoms with Gasteiger partial charge in [0.05, 0.1) is 32.5 Å². The van der Waals surface area contributed by atoms with Crippen molar-refractivity contribution in [2.45, 2.75) is 36.6 Å². The van der Waals surface area contributed by atoms with E-state index in [2.05, 4.69) is 101 Å². The molecule has 3 atom stereocenters. The summed E-state index contributed by atoms with van der Waals surface area (Å²) in [5.41, 5.74) is 3.69. The molecule has 1 N–H and O–H groups in total. The Bertz CT molecular complexity index is 1570. The standard InChI is InChI=1S/C38H40N2O3S/c1-2-7-29(8-3-1)26-41-21-6-22-42-35-15-13-32(14-16-35)38-34(28-44-36-17-19-39-20-18-36)24-40-25-37(38)43-27-30-11-12-31-9-4-5-10-33(31)23-30/h1-5,7-20,23,34,37-38,40H,6,21-22,24-28H2/t34-,37-,38-/m0/s1. The fraction of sp³-hybridized carbons (Fsp3) is 0.289. The highest BCUT2D eigenvalue weighted by atomic mass is 32.2. The topological polar surface area (TPSA) is 52.6 Å². The lowest BCUT2D eigenvalue weighted by molar-refractivity contribution is -0.00264. The maximum atomic E-state index is 6.70. The summed E-state index contributed by atoms with van der Waals surface area (Å²) >= 11 is 1.89. The van der Waals surface area contributed by atoms with E-state index in [4.69, 9.17) is 14.2 Å². The van der Waals surface area contributed by atoms with Crippen LogP contribution < -0.4 is 10.1 Å². The first-order valence-corrected chi connectivity index (χ1v) is 16.5. The maximum absolute atomic E-state index is 6.70. The van der Waals surface area contributed by atoms with E-state index in [-0.39, 0.29) is 12.0 Å². The lowest BCUT2D eigenvalue weighted by atomic mass is 9.80. The van der Waals surface area contributed by atoms with Gasteiger partial charge in [-0.05, 0) is 70.3 Å². The first kappa shape index (κ1) is 30.4. The molecule has 5 aromatic rings. The van der Waals surface area contributed by atoms with Gasteiger partial charge in [0.2, 0.25) is 0 Å². The SMILES string of the molecule is c1ccc(COCCCOc2ccc([C@H]3[C@H](CSc4ccncc4)CNC[C@@H]3OCc3ccc4ccccc4c3)cc2)cc1. The van der Waals surface area contributed by atoms with Crippen LogP contribution in [0.25, 0.3) is 10.8 Å². The highest BCUT2D eigenvalue weighted by Gasteiger charge is 2.35. The summed E-state index contributed by atoms with van der Waals surface area (Å²) < 4.78 is 18.6. The maximum Gasteiger partial charge on any atom is 0.119 e. The predicted molar refractivity (Wildman–Crippen MR) is 179 cm³/mol. The second-order valence-electron chi connectivity index (χ2n) is 11.3. The second kappa shape index (κ2) is 15.9. The number of fused-ring (bicyclic) bond motifs is 1. The normalized spacial score (nSPS) is 18.3. The molecule has 1 aliphatic heterocycles. The van der Waals surface area contributed by atoms with E-state index in [0.717, 1.165) is 31.0 Å². The number of pyridine rings is 1. The monoisotopic (exact) mass is 604 g/mol. The summed E-state index contributed by atoms with van der Waals surface area (Å²) in [5.74, 6) is 2.57. The van der Waals surface area contributed by atoms with Crippen LogP contribution in [0.3, 0.4) is 0 Å². The Morgan fingerprint density at radius 2 is 1.52 bits per heavy atom. The summed E-state index contributed by atoms with van der Waals surface area (Å²) in [6.45, 7) is 4.32. The fourth-order valence-corrected chi connectivity index (χ4v) is 6.90. The Kier molecular flexibility index (Phi) is 10.9. The molecule has 1 aromatic heterocycles. The minimum absolute atomic E-state index is 0.0618. The molecule has 1 fully saturated rings. The van der Waals surface area contributed by atoms with Crippen LogP contribution in [0.2, 0.25) is 0 Å². The minimum atomic E-state index is 0.0618. The van der Waals surface area contributed by atoms with Crippen LogP contribution in [-0.4, -0.2) is 43.1 Å². The van der Waals surface area contributed by atoms with Crippen LogP contribution in [0.1, 0.15) is 29.0 Å². The number of ether oxygens (including phenoxy) is 3. The quantitative estimate of drug-likeness (QED) is 0.103. The largest absolute Gasteiger partial charge is 0.494 e. The van der Waals surface area contributed by atoms with E-state index in [1.807, 2.05) is 42.4 Å². The minimum Gasteiger partial charge on any atom is -0.494 e. The van der Waals surface area contributed by atoms with Gasteiger partial charge in [-0.25, -0.2) is 0 Å². The van der Waals surface area contributed by atoms with Gasteiger partial charge in [0, 0.05) is 41.9 Å². The molecule has 44 heavy (non-hydrogen) atoms. The molecular weight excluding hydrogens is 564 g/mol. The summed E-state index contributed by atoms with van der Waals surface area (Å²) in [6.07, 6.45) is 4.64. The highest BCUT2D eigenvalue weighted by Crippen LogP contribution is 2.37. The van der Waals surface area contributed by atoms with Crippen molar-refractivity contribution in [3.63, 3.8) is 0 Å². The third-order valence-electron chi connectivity index (χ3n) is 8.13. The molecule has 4 aromatic carbocycles. The molecule has 5 nitrogen and oxygen atoms in total. The molecule has 1 aliphatic rings. The van der Waals surface area contributed by atoms with Crippen molar-refractivity contribution in [3.8, 4) is 5.75 Å². The Morgan fingerprint density at radius 3 is 2.36 bits per heavy atom. The van der Waals surface area contributed by atoms with Crippen molar-refractivity contribution in [3.05, 3.63) is 138 Å². The van der Waals surface area contributed by atoms with E-state index in [0.29, 0.717) is 32.3 Å². The molecule has 0 bridgehead atoms. The van der Waals surface area contributed by atoms with Gasteiger partial charge in [0.15, 0.2) is 0 Å². The number of nitrogens with zero attached hydrogens (tertiary/aromatic N) is 1. The Balaban J connectivity index is 1.08. The van der Waals surface area contributed by atoms with Crippen LogP contribution in [0, 0.1) is 5.92 Å². The fourth-order valence-electron chi connectivity index (χ4n) is 5.85. The smallest absolute Gasteiger partial charge is 0.119 e. The van der Waals surface area contributed by atoms with E-state index in [1.54, 1.807) is 0 Å². The van der Waals surface area contributed by atoms with Crippen molar-refractivity contribution in [2.24, 2.45) is 5.92 Å². The van der Waals surface area contributed by atoms with E-state index in [9.17, 15) is 0 Å². The molecule has 0 amide bonds. The van der Waals surface area contributed by atoms with Gasteiger partial charge in [0.1, 0.15) is 5.75 Å². The zero-order valence-electron chi connectivity index (χ0n) is 25.0. The summed E-state index contributed by atoms with van der Waals surface area (Å²) in [7, 11) is 0. The first-order chi connectivity index (χ1) is 21.8. The average Bonchev–Trinajstić information content (AvgIpc) is 3.09. The van der Waals surface area contributed by atoms with E-state index in [1.165, 1.54) is 32.4 Å². The molecule has 6 rings (SSSR count). The van der Waals surface area contributed by atoms with Gasteiger partial charge in [-0.1, -0.05) is 78.9 Å². The summed E-state index contributed by atoms with van der Waals surface area (Å²) in [5, 5.41) is 6.17. The third kappa shape index (κ3) is 8.48. The van der Waals surface area contributed by atoms with Crippen LogP contribution >= 0.6 is 11.8 Å². The number of aromatic nitrogens is 1. The highest BCUT2D eigenvalue weighted by molar-refractivity contribution is 7.99. The number of hydrogen-bond donors (Lipinski definition) is 1. The molecule has 0 saturated carbocycles. The van der Waals surface area contributed by atoms with Gasteiger partial charge >= 0.3 is 0 Å². The van der Waals surface area contributed by atoms with Crippen molar-refractivity contribution in [1.82, 2.24) is 10.3 Å². The number of hydrogen-bond acceptors (Lipinski definition) is 6. The van der Waals surface area contributed by atoms with Crippen molar-refractivity contribution < 1.29 is 14.2 Å². The van der Waals surface area contributed by atoms with Crippen LogP contribution in [0.15, 0.2) is 126 Å². The van der Waals surface area contributed by atoms with Gasteiger partial charge < -0.3 is 19.5 Å². The van der Waals surface area contributed by atoms with Crippen LogP contribution in [-0.2, 0) is 22.7 Å². The Morgan fingerprint density at radius 1 is 0.727 bits per heavy atom. The van der Waals surface area contributed by atoms with E-state index < -0.39 is 0 Å². The molecular formula is C38H40N2O3S. The lowest BCUT2D eigenvalue weighted by Gasteiger charge is -2.39. The first-order valence-electron chi connectivity index (χ1n) is 15.5. The van der Waals surface area contributed by atoms with Crippen molar-refractivity contribution >= 4 is 22.5 Å². The van der Waals surface area contributed by atoms with Gasteiger partial charge in [-0.3, -0.25) is 4.98 Å². The molecule has 6 heteroatoms. The number of nitrogens with one attached hydrogen (secondary N) is 1. The Labute approximate surface area is 265 Å². The van der Waals surface area contributed by atoms with Crippen LogP contribution in [0.5, 0.6) is 5.75 Å². The van der Waals surface area contributed by atoms with Gasteiger partial charge in [-0.2, -0.15) is 0 Å². The van der Waals surface area contributed by atoms with Crippen LogP contribution in [0.4, 0.5) is 0 Å². The third-order valence-corrected chi connectivity index (χ3v) is 9.33. The van der Waals surface area contributed by atoms with Gasteiger partial charge in [-0.15, -0.1) is 11.8 Å². The molecule has 2 heterocycles. The summed E-state index contributed by atoms with van der Waals surface area (Å²) in [6, 6.07) is 38.2. The predicted octanol–water partition coefficient (Wildman–Crippen LogP) is 7.90. The van der Waals surface area contributed by atoms with E-state index >= 15 is 0 Å². The molecule has 0 unspecified atom stereocenters. The molecule has 0 aliphatic carbocycles. The van der Waals surface area contributed by atoms with Crippen molar-refractivity contribution in [2.75, 3.05) is 32.1 Å². The lowest BCUT2D eigenvalue weighted by Crippen LogP contribution is -2.47. The van der Waals surface area contributed by atoms with Gasteiger partial charge in [0.25, 0.3) is 0 Å². The molecule has 226 valence electrons.